The number of amides is 1. The summed E-state index contributed by atoms with van der Waals surface area (Å²) in [6, 6.07) is 12.1. The van der Waals surface area contributed by atoms with Gasteiger partial charge in [-0.25, -0.2) is 4.79 Å². The zero-order valence-corrected chi connectivity index (χ0v) is 12.2. The first-order valence-corrected chi connectivity index (χ1v) is 6.95. The quantitative estimate of drug-likeness (QED) is 0.859. The van der Waals surface area contributed by atoms with E-state index in [4.69, 9.17) is 9.60 Å². The second-order valence-electron chi connectivity index (χ2n) is 5.01. The highest BCUT2D eigenvalue weighted by molar-refractivity contribution is 5.96. The Bertz CT molecular complexity index is 879. The van der Waals surface area contributed by atoms with Gasteiger partial charge in [0.1, 0.15) is 6.04 Å². The molecule has 2 rings (SSSR count). The van der Waals surface area contributed by atoms with Crippen molar-refractivity contribution in [2.24, 2.45) is 0 Å². The van der Waals surface area contributed by atoms with Crippen molar-refractivity contribution in [2.75, 3.05) is 0 Å². The minimum atomic E-state index is -3.13. The molecule has 2 aromatic rings. The van der Waals surface area contributed by atoms with Crippen molar-refractivity contribution in [2.45, 2.75) is 32.1 Å². The maximum absolute atomic E-state index is 12.5. The largest absolute Gasteiger partial charge is 0.480 e. The predicted octanol–water partition coefficient (Wildman–Crippen LogP) is 3.24. The van der Waals surface area contributed by atoms with E-state index in [1.807, 2.05) is 0 Å². The van der Waals surface area contributed by atoms with E-state index >= 15 is 0 Å². The van der Waals surface area contributed by atoms with E-state index in [0.29, 0.717) is 0 Å². The summed E-state index contributed by atoms with van der Waals surface area (Å²) in [4.78, 5) is 24.0. The number of benzene rings is 2. The second kappa shape index (κ2) is 7.58. The van der Waals surface area contributed by atoms with Crippen LogP contribution >= 0.6 is 0 Å². The normalized spacial score (nSPS) is 18.0. The Kier molecular flexibility index (Phi) is 3.13. The molecule has 0 fully saturated rings. The first-order chi connectivity index (χ1) is 13.8. The molecule has 0 bridgehead atoms. The lowest BCUT2D eigenvalue weighted by Gasteiger charge is -2.15. The minimum absolute atomic E-state index is 0.0106. The van der Waals surface area contributed by atoms with Crippen LogP contribution in [0.5, 0.6) is 0 Å². The molecule has 2 N–H and O–H groups in total. The number of aliphatic carboxylic acids is 1. The highest BCUT2D eigenvalue weighted by Crippen LogP contribution is 2.15. The van der Waals surface area contributed by atoms with E-state index in [1.165, 1.54) is 12.1 Å². The van der Waals surface area contributed by atoms with Gasteiger partial charge in [-0.3, -0.25) is 4.79 Å². The number of nitrogens with one attached hydrogen (secondary N) is 1. The van der Waals surface area contributed by atoms with Gasteiger partial charge in [0.2, 0.25) is 0 Å². The zero-order chi connectivity index (χ0) is 22.7. The Morgan fingerprint density at radius 3 is 2.35 bits per heavy atom. The van der Waals surface area contributed by atoms with Crippen LogP contribution in [0.2, 0.25) is 0 Å². The molecule has 0 aromatic heterocycles. The number of carboxylic acids is 1. The van der Waals surface area contributed by atoms with E-state index in [0.717, 1.165) is 17.7 Å². The predicted molar refractivity (Wildman–Crippen MR) is 89.6 cm³/mol. The van der Waals surface area contributed by atoms with Crippen molar-refractivity contribution >= 4 is 11.9 Å². The Morgan fingerprint density at radius 2 is 1.78 bits per heavy atom. The van der Waals surface area contributed by atoms with Crippen LogP contribution in [0.3, 0.4) is 0 Å². The molecular formula is C19H21NO3. The maximum atomic E-state index is 12.5. The smallest absolute Gasteiger partial charge is 0.326 e. The number of carbonyl (C=O) groups excluding carboxylic acids is 1. The van der Waals surface area contributed by atoms with Crippen molar-refractivity contribution < 1.29 is 24.3 Å². The monoisotopic (exact) mass is 318 g/mol. The lowest BCUT2D eigenvalue weighted by Crippen LogP contribution is -2.42. The summed E-state index contributed by atoms with van der Waals surface area (Å²) in [5.41, 5.74) is 0.435. The summed E-state index contributed by atoms with van der Waals surface area (Å²) >= 11 is 0. The molecule has 0 aliphatic heterocycles. The molecular weight excluding hydrogens is 290 g/mol. The second-order valence-corrected chi connectivity index (χ2v) is 5.01. The summed E-state index contributed by atoms with van der Waals surface area (Å²) in [5, 5.41) is 11.8. The Morgan fingerprint density at radius 1 is 1.13 bits per heavy atom. The van der Waals surface area contributed by atoms with Crippen molar-refractivity contribution in [3.05, 3.63) is 71.3 Å². The summed E-state index contributed by atoms with van der Waals surface area (Å²) in [6.45, 7) is -6.27. The summed E-state index contributed by atoms with van der Waals surface area (Å²) in [5.74, 6) is -4.81. The number of carbonyl (C=O) groups is 2. The number of rotatable bonds is 6. The molecule has 0 heterocycles. The van der Waals surface area contributed by atoms with Gasteiger partial charge in [0.25, 0.3) is 5.91 Å². The average molecular weight is 318 g/mol. The van der Waals surface area contributed by atoms with Gasteiger partial charge in [0.15, 0.2) is 0 Å². The van der Waals surface area contributed by atoms with Crippen LogP contribution in [0, 0.1) is 0 Å². The lowest BCUT2D eigenvalue weighted by atomic mass is 10.0. The van der Waals surface area contributed by atoms with Gasteiger partial charge >= 0.3 is 5.97 Å². The van der Waals surface area contributed by atoms with Crippen LogP contribution in [0.4, 0.5) is 0 Å². The van der Waals surface area contributed by atoms with Gasteiger partial charge in [-0.15, -0.1) is 0 Å². The van der Waals surface area contributed by atoms with Gasteiger partial charge in [-0.1, -0.05) is 56.2 Å². The third-order valence-electron chi connectivity index (χ3n) is 3.32. The van der Waals surface area contributed by atoms with E-state index in [2.05, 4.69) is 5.32 Å². The summed E-state index contributed by atoms with van der Waals surface area (Å²) in [6.07, 6.45) is 0.0634. The standard InChI is InChI=1S/C19H21NO3/c1-13(2)15-8-10-16(11-9-15)18(21)20-17(19(22)23)12-14-6-4-3-5-7-14/h3-11,13,17H,12H2,1-2H3,(H,20,21)(H,22,23)/t17-/m1/s1/i1D3,2D3,13D. The topological polar surface area (TPSA) is 66.4 Å². The van der Waals surface area contributed by atoms with Gasteiger partial charge in [-0.05, 0) is 29.2 Å². The molecule has 0 unspecified atom stereocenters. The molecule has 0 aliphatic carbocycles. The van der Waals surface area contributed by atoms with Crippen molar-refractivity contribution in [3.63, 3.8) is 0 Å². The van der Waals surface area contributed by atoms with Crippen LogP contribution in [-0.4, -0.2) is 23.0 Å². The van der Waals surface area contributed by atoms with Crippen molar-refractivity contribution in [3.8, 4) is 0 Å². The first kappa shape index (κ1) is 9.50. The fourth-order valence-electron chi connectivity index (χ4n) is 2.08. The molecule has 4 heteroatoms. The Labute approximate surface area is 146 Å². The molecule has 0 spiro atoms. The van der Waals surface area contributed by atoms with Crippen molar-refractivity contribution in [1.29, 1.82) is 0 Å². The van der Waals surface area contributed by atoms with Gasteiger partial charge in [0, 0.05) is 21.6 Å². The number of hydrogen-bond acceptors (Lipinski definition) is 2. The highest BCUT2D eigenvalue weighted by Gasteiger charge is 2.21. The molecule has 0 saturated carbocycles. The highest BCUT2D eigenvalue weighted by atomic mass is 16.4. The molecule has 1 atom stereocenters. The van der Waals surface area contributed by atoms with Gasteiger partial charge in [0.05, 0.1) is 0 Å². The van der Waals surface area contributed by atoms with Crippen LogP contribution in [-0.2, 0) is 11.2 Å². The van der Waals surface area contributed by atoms with Crippen LogP contribution < -0.4 is 5.32 Å². The maximum Gasteiger partial charge on any atom is 0.326 e. The van der Waals surface area contributed by atoms with E-state index in [1.54, 1.807) is 30.3 Å². The van der Waals surface area contributed by atoms with Gasteiger partial charge < -0.3 is 10.4 Å². The zero-order valence-electron chi connectivity index (χ0n) is 19.2. The SMILES string of the molecule is [2H]C([2H])([2H])C([2H])(c1ccc(C(=O)N[C@H](Cc2ccccc2)C(=O)O)cc1)C([2H])([2H])[2H]. The molecule has 120 valence electrons. The van der Waals surface area contributed by atoms with Crippen molar-refractivity contribution in [1.82, 2.24) is 5.32 Å². The number of hydrogen-bond donors (Lipinski definition) is 2. The third-order valence-corrected chi connectivity index (χ3v) is 3.32. The molecule has 0 saturated heterocycles. The van der Waals surface area contributed by atoms with E-state index in [-0.39, 0.29) is 17.5 Å². The Hall–Kier alpha value is -2.62. The van der Waals surface area contributed by atoms with Crippen LogP contribution in [0.1, 0.15) is 50.7 Å². The van der Waals surface area contributed by atoms with E-state index in [9.17, 15) is 14.7 Å². The molecule has 2 aromatic carbocycles. The molecule has 1 amide bonds. The number of carboxylic acid groups (broad SMARTS) is 1. The fourth-order valence-corrected chi connectivity index (χ4v) is 2.08. The van der Waals surface area contributed by atoms with E-state index < -0.39 is 37.5 Å². The summed E-state index contributed by atoms with van der Waals surface area (Å²) in [7, 11) is 0. The Balaban J connectivity index is 2.24. The molecule has 23 heavy (non-hydrogen) atoms. The first-order valence-electron chi connectivity index (χ1n) is 10.5. The average Bonchev–Trinajstić information content (AvgIpc) is 2.65. The fraction of sp³-hybridized carbons (Fsp3) is 0.263. The van der Waals surface area contributed by atoms with Gasteiger partial charge in [-0.2, -0.15) is 0 Å². The molecule has 0 radical (unpaired) electrons. The lowest BCUT2D eigenvalue weighted by molar-refractivity contribution is -0.139. The summed E-state index contributed by atoms with van der Waals surface area (Å²) < 4.78 is 53.2. The minimum Gasteiger partial charge on any atom is -0.480 e. The molecule has 0 aliphatic rings. The van der Waals surface area contributed by atoms with Crippen LogP contribution in [0.15, 0.2) is 54.6 Å². The van der Waals surface area contributed by atoms with Crippen LogP contribution in [0.25, 0.3) is 0 Å². The molecule has 4 nitrogen and oxygen atoms in total. The third kappa shape index (κ3) is 4.68.